The van der Waals surface area contributed by atoms with E-state index in [1.807, 2.05) is 83.7 Å². The summed E-state index contributed by atoms with van der Waals surface area (Å²) in [5, 5.41) is 0. The fourth-order valence-corrected chi connectivity index (χ4v) is 6.44. The van der Waals surface area contributed by atoms with Crippen molar-refractivity contribution in [3.63, 3.8) is 0 Å². The van der Waals surface area contributed by atoms with Crippen LogP contribution in [0.2, 0.25) is 0 Å². The van der Waals surface area contributed by atoms with Crippen molar-refractivity contribution in [2.24, 2.45) is 10.9 Å². The van der Waals surface area contributed by atoms with Gasteiger partial charge in [0.25, 0.3) is 10.0 Å². The number of benzene rings is 2. The van der Waals surface area contributed by atoms with E-state index in [1.54, 1.807) is 0 Å². The summed E-state index contributed by atoms with van der Waals surface area (Å²) in [5.74, 6) is 0.818. The summed E-state index contributed by atoms with van der Waals surface area (Å²) in [6.45, 7) is 14.7. The van der Waals surface area contributed by atoms with Crippen LogP contribution in [-0.2, 0) is 32.5 Å². The number of hydrogen-bond donors (Lipinski definition) is 1. The molecule has 0 bridgehead atoms. The fraction of sp³-hybridized carbons (Fsp3) is 0.517. The minimum Gasteiger partial charge on any atom is -0.487 e. The van der Waals surface area contributed by atoms with E-state index < -0.39 is 15.6 Å². The average molecular weight is 544 g/mol. The lowest BCUT2D eigenvalue weighted by molar-refractivity contribution is -0.140. The van der Waals surface area contributed by atoms with Crippen molar-refractivity contribution in [3.8, 4) is 5.75 Å². The summed E-state index contributed by atoms with van der Waals surface area (Å²) in [6.07, 6.45) is 0.739. The number of methoxy groups -OCH3 is 1. The molecule has 0 radical (unpaired) electrons. The predicted octanol–water partition coefficient (Wildman–Crippen LogP) is 4.68. The fourth-order valence-electron chi connectivity index (χ4n) is 4.82. The Kier molecular flexibility index (Phi) is 9.13. The van der Waals surface area contributed by atoms with Crippen LogP contribution >= 0.6 is 0 Å². The Bertz CT molecular complexity index is 1300. The highest BCUT2D eigenvalue weighted by molar-refractivity contribution is 7.90. The molecular formula is C29H41N3O5S. The summed E-state index contributed by atoms with van der Waals surface area (Å²) in [5.41, 5.74) is 3.63. The van der Waals surface area contributed by atoms with Gasteiger partial charge in [-0.15, -0.1) is 0 Å². The monoisotopic (exact) mass is 543 g/mol. The average Bonchev–Trinajstić information content (AvgIpc) is 3.19. The zero-order valence-corrected chi connectivity index (χ0v) is 24.7. The summed E-state index contributed by atoms with van der Waals surface area (Å²) in [7, 11) is -2.68. The zero-order chi connectivity index (χ0) is 28.3. The highest BCUT2D eigenvalue weighted by atomic mass is 32.2. The molecule has 0 unspecified atom stereocenters. The summed E-state index contributed by atoms with van der Waals surface area (Å²) >= 11 is 0. The number of carbonyl (C=O) groups is 1. The van der Waals surface area contributed by atoms with Gasteiger partial charge in [-0.3, -0.25) is 4.79 Å². The first-order valence-corrected chi connectivity index (χ1v) is 14.5. The van der Waals surface area contributed by atoms with Crippen LogP contribution in [0.25, 0.3) is 0 Å². The van der Waals surface area contributed by atoms with Crippen LogP contribution < -0.4 is 9.46 Å². The highest BCUT2D eigenvalue weighted by Crippen LogP contribution is 2.43. The molecule has 0 atom stereocenters. The van der Waals surface area contributed by atoms with Gasteiger partial charge >= 0.3 is 5.97 Å². The van der Waals surface area contributed by atoms with Crippen LogP contribution in [0.15, 0.2) is 40.2 Å². The number of aliphatic imine (C=N–C) groups is 1. The Hall–Kier alpha value is -3.07. The van der Waals surface area contributed by atoms with Crippen molar-refractivity contribution in [2.45, 2.75) is 78.3 Å². The number of guanidine groups is 1. The second-order valence-corrected chi connectivity index (χ2v) is 12.6. The van der Waals surface area contributed by atoms with E-state index in [4.69, 9.17) is 14.5 Å². The van der Waals surface area contributed by atoms with Gasteiger partial charge in [0.15, 0.2) is 0 Å². The molecule has 2 aromatic carbocycles. The third-order valence-corrected chi connectivity index (χ3v) is 8.34. The number of hydrogen-bond acceptors (Lipinski definition) is 6. The van der Waals surface area contributed by atoms with Gasteiger partial charge in [-0.2, -0.15) is 0 Å². The zero-order valence-electron chi connectivity index (χ0n) is 23.8. The number of ether oxygens (including phenoxy) is 2. The topological polar surface area (TPSA) is 97.3 Å². The molecule has 1 aliphatic rings. The third-order valence-electron chi connectivity index (χ3n) is 6.74. The number of fused-ring (bicyclic) bond motifs is 1. The smallest absolute Gasteiger partial charge is 0.307 e. The SMILES string of the molecule is COC(=O)CCN(CC(C)C)C(=NCc1ccccc1)NS(=O)(=O)c1c(C)c(C)c2c(c1C)CC(C)(C)O2. The Balaban J connectivity index is 2.06. The molecule has 1 N–H and O–H groups in total. The van der Waals surface area contributed by atoms with Gasteiger partial charge in [0.1, 0.15) is 11.4 Å². The first-order chi connectivity index (χ1) is 17.8. The standard InChI is InChI=1S/C29H41N3O5S/c1-19(2)18-32(15-14-25(33)36-8)28(30-17-23-12-10-9-11-13-23)31-38(34,35)27-21(4)20(3)26-24(22(27)5)16-29(6,7)37-26/h9-13,19H,14-18H2,1-8H3,(H,30,31). The van der Waals surface area contributed by atoms with Crippen LogP contribution in [0.1, 0.15) is 61.9 Å². The van der Waals surface area contributed by atoms with E-state index in [-0.39, 0.29) is 42.3 Å². The van der Waals surface area contributed by atoms with E-state index in [9.17, 15) is 13.2 Å². The van der Waals surface area contributed by atoms with Crippen LogP contribution in [0.4, 0.5) is 0 Å². The van der Waals surface area contributed by atoms with Crippen LogP contribution in [0.3, 0.4) is 0 Å². The number of carbonyl (C=O) groups excluding carboxylic acids is 1. The molecule has 9 heteroatoms. The number of sulfonamides is 1. The predicted molar refractivity (Wildman–Crippen MR) is 150 cm³/mol. The molecular weight excluding hydrogens is 502 g/mol. The number of rotatable bonds is 9. The lowest BCUT2D eigenvalue weighted by Gasteiger charge is -2.29. The second kappa shape index (κ2) is 11.8. The molecule has 0 saturated carbocycles. The van der Waals surface area contributed by atoms with E-state index in [0.29, 0.717) is 24.1 Å². The number of nitrogens with one attached hydrogen (secondary N) is 1. The summed E-state index contributed by atoms with van der Waals surface area (Å²) < 4.78 is 41.9. The maximum atomic E-state index is 14.0. The van der Waals surface area contributed by atoms with Crippen molar-refractivity contribution >= 4 is 22.0 Å². The second-order valence-electron chi connectivity index (χ2n) is 10.9. The van der Waals surface area contributed by atoms with E-state index in [2.05, 4.69) is 4.72 Å². The molecule has 0 amide bonds. The molecule has 38 heavy (non-hydrogen) atoms. The molecule has 0 aliphatic carbocycles. The van der Waals surface area contributed by atoms with Crippen molar-refractivity contribution in [2.75, 3.05) is 20.2 Å². The lowest BCUT2D eigenvalue weighted by atomic mass is 9.94. The van der Waals surface area contributed by atoms with Gasteiger partial charge < -0.3 is 14.4 Å². The first-order valence-electron chi connectivity index (χ1n) is 13.0. The normalized spacial score (nSPS) is 14.7. The van der Waals surface area contributed by atoms with E-state index >= 15 is 0 Å². The molecule has 1 heterocycles. The molecule has 0 aromatic heterocycles. The minimum atomic E-state index is -4.03. The Morgan fingerprint density at radius 3 is 2.39 bits per heavy atom. The summed E-state index contributed by atoms with van der Waals surface area (Å²) in [6, 6.07) is 9.64. The van der Waals surface area contributed by atoms with Gasteiger partial charge in [-0.1, -0.05) is 44.2 Å². The van der Waals surface area contributed by atoms with Gasteiger partial charge in [0.2, 0.25) is 5.96 Å². The summed E-state index contributed by atoms with van der Waals surface area (Å²) in [4.78, 5) is 18.7. The molecule has 1 aliphatic heterocycles. The van der Waals surface area contributed by atoms with E-state index in [0.717, 1.165) is 22.4 Å². The van der Waals surface area contributed by atoms with E-state index in [1.165, 1.54) is 7.11 Å². The van der Waals surface area contributed by atoms with Gasteiger partial charge in [-0.05, 0) is 62.8 Å². The lowest BCUT2D eigenvalue weighted by Crippen LogP contribution is -2.46. The third kappa shape index (κ3) is 6.87. The molecule has 0 saturated heterocycles. The van der Waals surface area contributed by atoms with Crippen LogP contribution in [-0.4, -0.2) is 51.0 Å². The van der Waals surface area contributed by atoms with Crippen molar-refractivity contribution in [1.82, 2.24) is 9.62 Å². The highest BCUT2D eigenvalue weighted by Gasteiger charge is 2.37. The Labute approximate surface area is 227 Å². The molecule has 3 rings (SSSR count). The van der Waals surface area contributed by atoms with Crippen molar-refractivity contribution < 1.29 is 22.7 Å². The maximum Gasteiger partial charge on any atom is 0.307 e. The Morgan fingerprint density at radius 1 is 1.13 bits per heavy atom. The molecule has 0 fully saturated rings. The number of nitrogens with zero attached hydrogens (tertiary/aromatic N) is 2. The first kappa shape index (κ1) is 29.5. The van der Waals surface area contributed by atoms with Crippen LogP contribution in [0, 0.1) is 26.7 Å². The van der Waals surface area contributed by atoms with Crippen molar-refractivity contribution in [3.05, 3.63) is 58.1 Å². The quantitative estimate of drug-likeness (QED) is 0.280. The van der Waals surface area contributed by atoms with Gasteiger partial charge in [-0.25, -0.2) is 18.1 Å². The maximum absolute atomic E-state index is 14.0. The molecule has 2 aromatic rings. The van der Waals surface area contributed by atoms with Gasteiger partial charge in [0, 0.05) is 25.1 Å². The van der Waals surface area contributed by atoms with Crippen molar-refractivity contribution in [1.29, 1.82) is 0 Å². The number of esters is 1. The molecule has 0 spiro atoms. The van der Waals surface area contributed by atoms with Gasteiger partial charge in [0.05, 0.1) is 25.0 Å². The van der Waals surface area contributed by atoms with Crippen LogP contribution in [0.5, 0.6) is 5.75 Å². The largest absolute Gasteiger partial charge is 0.487 e. The Morgan fingerprint density at radius 2 is 1.79 bits per heavy atom. The molecule has 8 nitrogen and oxygen atoms in total. The minimum absolute atomic E-state index is 0.109. The molecule has 208 valence electrons.